The lowest BCUT2D eigenvalue weighted by molar-refractivity contribution is 0.297. The number of aryl methyl sites for hydroxylation is 1. The summed E-state index contributed by atoms with van der Waals surface area (Å²) < 4.78 is 0. The molecule has 0 bridgehead atoms. The molecule has 106 valence electrons. The van der Waals surface area contributed by atoms with Crippen LogP contribution in [0.1, 0.15) is 38.2 Å². The minimum Gasteiger partial charge on any atom is -0.314 e. The van der Waals surface area contributed by atoms with E-state index in [1.165, 1.54) is 57.3 Å². The molecule has 0 saturated carbocycles. The minimum atomic E-state index is 0.743. The van der Waals surface area contributed by atoms with Crippen molar-refractivity contribution in [2.24, 2.45) is 0 Å². The lowest BCUT2D eigenvalue weighted by Crippen LogP contribution is -2.31. The molecule has 1 unspecified atom stereocenters. The second-order valence-electron chi connectivity index (χ2n) is 5.61. The second-order valence-corrected chi connectivity index (χ2v) is 5.61. The number of nitrogens with zero attached hydrogens (tertiary/aromatic N) is 1. The van der Waals surface area contributed by atoms with Gasteiger partial charge in [0.2, 0.25) is 0 Å². The van der Waals surface area contributed by atoms with Gasteiger partial charge < -0.3 is 10.2 Å². The third kappa shape index (κ3) is 5.33. The van der Waals surface area contributed by atoms with Crippen molar-refractivity contribution >= 4 is 0 Å². The molecule has 0 aliphatic carbocycles. The molecule has 2 nitrogen and oxygen atoms in total. The maximum absolute atomic E-state index is 3.75. The first-order valence-corrected chi connectivity index (χ1v) is 7.88. The molecule has 1 N–H and O–H groups in total. The quantitative estimate of drug-likeness (QED) is 0.791. The van der Waals surface area contributed by atoms with Crippen LogP contribution in [0, 0.1) is 0 Å². The zero-order valence-electron chi connectivity index (χ0n) is 12.3. The second kappa shape index (κ2) is 8.34. The molecule has 0 aromatic heterocycles. The first kappa shape index (κ1) is 14.5. The molecule has 1 atom stereocenters. The number of likely N-dealkylation sites (tertiary alicyclic amines) is 1. The lowest BCUT2D eigenvalue weighted by atomic mass is 10.1. The zero-order chi connectivity index (χ0) is 13.3. The van der Waals surface area contributed by atoms with Crippen LogP contribution in [0.4, 0.5) is 0 Å². The van der Waals surface area contributed by atoms with Crippen molar-refractivity contribution in [2.45, 2.75) is 45.1 Å². The minimum absolute atomic E-state index is 0.743. The summed E-state index contributed by atoms with van der Waals surface area (Å²) in [5.74, 6) is 0. The van der Waals surface area contributed by atoms with Crippen LogP contribution in [0.2, 0.25) is 0 Å². The van der Waals surface area contributed by atoms with Gasteiger partial charge in [-0.3, -0.25) is 0 Å². The van der Waals surface area contributed by atoms with E-state index in [-0.39, 0.29) is 0 Å². The normalized spacial score (nSPS) is 21.2. The van der Waals surface area contributed by atoms with E-state index in [4.69, 9.17) is 0 Å². The van der Waals surface area contributed by atoms with Gasteiger partial charge in [-0.1, -0.05) is 37.3 Å². The Kier molecular flexibility index (Phi) is 6.38. The SMILES string of the molecule is CCN1CCCC(NCCCc2ccccc2)CC1. The monoisotopic (exact) mass is 260 g/mol. The number of nitrogens with one attached hydrogen (secondary N) is 1. The van der Waals surface area contributed by atoms with Crippen molar-refractivity contribution in [3.8, 4) is 0 Å². The van der Waals surface area contributed by atoms with E-state index in [1.807, 2.05) is 0 Å². The van der Waals surface area contributed by atoms with E-state index in [0.29, 0.717) is 0 Å². The molecule has 0 radical (unpaired) electrons. The Balaban J connectivity index is 1.60. The molecule has 1 aliphatic rings. The van der Waals surface area contributed by atoms with Crippen LogP contribution >= 0.6 is 0 Å². The topological polar surface area (TPSA) is 15.3 Å². The number of benzene rings is 1. The van der Waals surface area contributed by atoms with Crippen molar-refractivity contribution in [1.29, 1.82) is 0 Å². The largest absolute Gasteiger partial charge is 0.314 e. The predicted octanol–water partition coefficient (Wildman–Crippen LogP) is 3.08. The Labute approximate surface area is 118 Å². The third-order valence-corrected chi connectivity index (χ3v) is 4.19. The average molecular weight is 260 g/mol. The number of rotatable bonds is 6. The first-order chi connectivity index (χ1) is 9.38. The molecule has 1 heterocycles. The van der Waals surface area contributed by atoms with Crippen molar-refractivity contribution in [2.75, 3.05) is 26.2 Å². The molecule has 0 amide bonds. The summed E-state index contributed by atoms with van der Waals surface area (Å²) in [6.45, 7) is 7.20. The standard InChI is InChI=1S/C17H28N2/c1-2-19-14-7-11-17(12-15-19)18-13-6-10-16-8-4-3-5-9-16/h3-5,8-9,17-18H,2,6-7,10-15H2,1H3. The highest BCUT2D eigenvalue weighted by Crippen LogP contribution is 2.11. The molecule has 1 aromatic carbocycles. The molecule has 19 heavy (non-hydrogen) atoms. The van der Waals surface area contributed by atoms with Gasteiger partial charge >= 0.3 is 0 Å². The number of hydrogen-bond acceptors (Lipinski definition) is 2. The third-order valence-electron chi connectivity index (χ3n) is 4.19. The summed E-state index contributed by atoms with van der Waals surface area (Å²) in [5, 5.41) is 3.75. The fraction of sp³-hybridized carbons (Fsp3) is 0.647. The van der Waals surface area contributed by atoms with Gasteiger partial charge in [-0.2, -0.15) is 0 Å². The van der Waals surface area contributed by atoms with Crippen LogP contribution in [0.5, 0.6) is 0 Å². The molecule has 0 spiro atoms. The van der Waals surface area contributed by atoms with E-state index < -0.39 is 0 Å². The highest BCUT2D eigenvalue weighted by Gasteiger charge is 2.14. The lowest BCUT2D eigenvalue weighted by Gasteiger charge is -2.18. The number of hydrogen-bond donors (Lipinski definition) is 1. The van der Waals surface area contributed by atoms with Crippen molar-refractivity contribution < 1.29 is 0 Å². The van der Waals surface area contributed by atoms with Gasteiger partial charge in [-0.15, -0.1) is 0 Å². The van der Waals surface area contributed by atoms with Crippen LogP contribution in [0.3, 0.4) is 0 Å². The van der Waals surface area contributed by atoms with Gasteiger partial charge in [0.15, 0.2) is 0 Å². The summed E-state index contributed by atoms with van der Waals surface area (Å²) in [4.78, 5) is 2.58. The Morgan fingerprint density at radius 1 is 1.16 bits per heavy atom. The van der Waals surface area contributed by atoms with Crippen LogP contribution in [-0.2, 0) is 6.42 Å². The summed E-state index contributed by atoms with van der Waals surface area (Å²) in [7, 11) is 0. The van der Waals surface area contributed by atoms with Crippen LogP contribution in [0.25, 0.3) is 0 Å². The average Bonchev–Trinajstić information content (AvgIpc) is 2.70. The maximum Gasteiger partial charge on any atom is 0.00797 e. The smallest absolute Gasteiger partial charge is 0.00797 e. The molecule has 1 aliphatic heterocycles. The van der Waals surface area contributed by atoms with Crippen LogP contribution in [-0.4, -0.2) is 37.1 Å². The first-order valence-electron chi connectivity index (χ1n) is 7.88. The highest BCUT2D eigenvalue weighted by molar-refractivity contribution is 5.14. The van der Waals surface area contributed by atoms with E-state index in [9.17, 15) is 0 Å². The fourth-order valence-electron chi connectivity index (χ4n) is 2.92. The molecule has 2 rings (SSSR count). The molecule has 1 aromatic rings. The Morgan fingerprint density at radius 2 is 2.00 bits per heavy atom. The van der Waals surface area contributed by atoms with E-state index in [1.54, 1.807) is 0 Å². The van der Waals surface area contributed by atoms with E-state index >= 15 is 0 Å². The Bertz CT molecular complexity index is 336. The highest BCUT2D eigenvalue weighted by atomic mass is 15.1. The Morgan fingerprint density at radius 3 is 2.79 bits per heavy atom. The summed E-state index contributed by atoms with van der Waals surface area (Å²) in [6.07, 6.45) is 6.46. The van der Waals surface area contributed by atoms with Gasteiger partial charge in [0, 0.05) is 6.04 Å². The summed E-state index contributed by atoms with van der Waals surface area (Å²) in [5.41, 5.74) is 1.46. The molecule has 2 heteroatoms. The zero-order valence-corrected chi connectivity index (χ0v) is 12.3. The van der Waals surface area contributed by atoms with Gasteiger partial charge in [0.05, 0.1) is 0 Å². The van der Waals surface area contributed by atoms with Gasteiger partial charge in [-0.25, -0.2) is 0 Å². The van der Waals surface area contributed by atoms with Crippen LogP contribution < -0.4 is 5.32 Å². The van der Waals surface area contributed by atoms with Crippen molar-refractivity contribution in [3.63, 3.8) is 0 Å². The van der Waals surface area contributed by atoms with E-state index in [2.05, 4.69) is 47.5 Å². The summed E-state index contributed by atoms with van der Waals surface area (Å²) >= 11 is 0. The maximum atomic E-state index is 3.75. The molecule has 1 fully saturated rings. The predicted molar refractivity (Wildman–Crippen MR) is 82.5 cm³/mol. The Hall–Kier alpha value is -0.860. The summed E-state index contributed by atoms with van der Waals surface area (Å²) in [6, 6.07) is 11.6. The van der Waals surface area contributed by atoms with Gasteiger partial charge in [-0.05, 0) is 63.8 Å². The van der Waals surface area contributed by atoms with Gasteiger partial charge in [0.1, 0.15) is 0 Å². The van der Waals surface area contributed by atoms with Crippen LogP contribution in [0.15, 0.2) is 30.3 Å². The van der Waals surface area contributed by atoms with Gasteiger partial charge in [0.25, 0.3) is 0 Å². The fourth-order valence-corrected chi connectivity index (χ4v) is 2.92. The molecule has 1 saturated heterocycles. The van der Waals surface area contributed by atoms with E-state index in [0.717, 1.165) is 12.6 Å². The molecular formula is C17H28N2. The molecular weight excluding hydrogens is 232 g/mol. The van der Waals surface area contributed by atoms with Crippen molar-refractivity contribution in [3.05, 3.63) is 35.9 Å². The van der Waals surface area contributed by atoms with Crippen molar-refractivity contribution in [1.82, 2.24) is 10.2 Å².